The molecule has 0 amide bonds. The Labute approximate surface area is 238 Å². The lowest BCUT2D eigenvalue weighted by Crippen LogP contribution is -2.01. The van der Waals surface area contributed by atoms with Gasteiger partial charge in [-0.3, -0.25) is 0 Å². The van der Waals surface area contributed by atoms with Gasteiger partial charge in [0.05, 0.1) is 10.0 Å². The van der Waals surface area contributed by atoms with Gasteiger partial charge in [0.1, 0.15) is 0 Å². The van der Waals surface area contributed by atoms with Crippen molar-refractivity contribution >= 4 is 100 Å². The summed E-state index contributed by atoms with van der Waals surface area (Å²) in [4.78, 5) is 5.00. The second-order valence-electron chi connectivity index (χ2n) is 8.89. The minimum Gasteiger partial charge on any atom is -0.143 e. The monoisotopic (exact) mass is 596 g/mol. The van der Waals surface area contributed by atoms with E-state index in [1.165, 1.54) is 70.1 Å². The molecule has 1 aromatic carbocycles. The maximum atomic E-state index is 6.76. The van der Waals surface area contributed by atoms with E-state index in [1.54, 1.807) is 11.3 Å². The van der Waals surface area contributed by atoms with Crippen molar-refractivity contribution in [3.63, 3.8) is 0 Å². The van der Waals surface area contributed by atoms with Crippen LogP contribution in [0.1, 0.15) is 55.7 Å². The molecule has 0 fully saturated rings. The molecule has 0 N–H and O–H groups in total. The highest BCUT2D eigenvalue weighted by molar-refractivity contribution is 7.22. The maximum absolute atomic E-state index is 6.76. The van der Waals surface area contributed by atoms with Crippen molar-refractivity contribution in [3.8, 4) is 20.9 Å². The molecule has 0 aliphatic heterocycles. The van der Waals surface area contributed by atoms with Gasteiger partial charge in [-0.2, -0.15) is 0 Å². The smallest absolute Gasteiger partial charge is 0.0552 e. The molecule has 7 heteroatoms. The van der Waals surface area contributed by atoms with Gasteiger partial charge < -0.3 is 0 Å². The predicted octanol–water partition coefficient (Wildman–Crippen LogP) is 12.6. The molecule has 0 spiro atoms. The average Bonchev–Trinajstić information content (AvgIpc) is 3.63. The highest BCUT2D eigenvalue weighted by Gasteiger charge is 2.23. The Morgan fingerprint density at radius 1 is 0.771 bits per heavy atom. The fraction of sp³-hybridized carbons (Fsp3) is 0.357. The highest BCUT2D eigenvalue weighted by atomic mass is 35.5. The molecule has 184 valence electrons. The van der Waals surface area contributed by atoms with Crippen LogP contribution in [0.25, 0.3) is 41.1 Å². The number of rotatable bonds is 10. The second-order valence-corrected chi connectivity index (χ2v) is 14.4. The van der Waals surface area contributed by atoms with Crippen LogP contribution in [0.3, 0.4) is 0 Å². The van der Waals surface area contributed by atoms with E-state index in [4.69, 9.17) is 34.8 Å². The number of alkyl halides is 1. The lowest BCUT2D eigenvalue weighted by atomic mass is 10.0. The Hall–Kier alpha value is -0.590. The molecule has 4 heterocycles. The molecule has 0 saturated carbocycles. The van der Waals surface area contributed by atoms with E-state index in [0.717, 1.165) is 35.7 Å². The largest absolute Gasteiger partial charge is 0.143 e. The van der Waals surface area contributed by atoms with E-state index in [1.807, 2.05) is 34.0 Å². The first-order chi connectivity index (χ1) is 17.0. The Morgan fingerprint density at radius 2 is 1.31 bits per heavy atom. The van der Waals surface area contributed by atoms with Gasteiger partial charge in [-0.25, -0.2) is 0 Å². The van der Waals surface area contributed by atoms with Crippen LogP contribution in [0.4, 0.5) is 0 Å². The minimum atomic E-state index is 0.134. The van der Waals surface area contributed by atoms with Crippen LogP contribution in [-0.4, -0.2) is 5.38 Å². The normalized spacial score (nSPS) is 12.8. The Bertz CT molecular complexity index is 1400. The van der Waals surface area contributed by atoms with Crippen molar-refractivity contribution in [3.05, 3.63) is 54.8 Å². The lowest BCUT2D eigenvalue weighted by molar-refractivity contribution is 0.677. The van der Waals surface area contributed by atoms with Gasteiger partial charge in [0.15, 0.2) is 0 Å². The van der Waals surface area contributed by atoms with Crippen LogP contribution >= 0.6 is 80.1 Å². The molecular formula is C28H27Cl3S4. The van der Waals surface area contributed by atoms with Crippen molar-refractivity contribution in [1.29, 1.82) is 0 Å². The summed E-state index contributed by atoms with van der Waals surface area (Å²) in [6, 6.07) is 8.87. The standard InChI is InChI=1S/C28H27Cl3S4/c1-3-5-7-16(29)13-22-20(31)15-24(35-22)26-18-10-12-32-27(18)25(17-9-11-33-28(17)26)23-14-19(30)21(34-23)8-6-4-2/h9-12,14-16H,3-8,13H2,1-2H3. The van der Waals surface area contributed by atoms with Crippen molar-refractivity contribution in [2.75, 3.05) is 0 Å². The average molecular weight is 598 g/mol. The third-order valence-electron chi connectivity index (χ3n) is 6.37. The van der Waals surface area contributed by atoms with Crippen LogP contribution < -0.4 is 0 Å². The van der Waals surface area contributed by atoms with E-state index in [2.05, 4.69) is 48.9 Å². The number of hydrogen-bond donors (Lipinski definition) is 0. The fourth-order valence-electron chi connectivity index (χ4n) is 4.57. The number of aryl methyl sites for hydroxylation is 1. The third kappa shape index (κ3) is 5.23. The molecule has 5 aromatic rings. The Kier molecular flexibility index (Phi) is 8.50. The zero-order chi connectivity index (χ0) is 24.5. The van der Waals surface area contributed by atoms with Gasteiger partial charge in [0.2, 0.25) is 0 Å². The Morgan fingerprint density at radius 3 is 1.89 bits per heavy atom. The Balaban J connectivity index is 1.62. The summed E-state index contributed by atoms with van der Waals surface area (Å²) in [5.74, 6) is 0. The van der Waals surface area contributed by atoms with Crippen LogP contribution in [-0.2, 0) is 12.8 Å². The van der Waals surface area contributed by atoms with Gasteiger partial charge in [0, 0.05) is 56.2 Å². The van der Waals surface area contributed by atoms with Crippen molar-refractivity contribution in [2.45, 2.75) is 64.2 Å². The number of thiophene rings is 4. The predicted molar refractivity (Wildman–Crippen MR) is 165 cm³/mol. The van der Waals surface area contributed by atoms with Gasteiger partial charge in [-0.15, -0.1) is 56.9 Å². The molecule has 1 unspecified atom stereocenters. The molecule has 0 saturated heterocycles. The quantitative estimate of drug-likeness (QED) is 0.140. The summed E-state index contributed by atoms with van der Waals surface area (Å²) in [5.41, 5.74) is 2.63. The summed E-state index contributed by atoms with van der Waals surface area (Å²) in [6.07, 6.45) is 7.59. The summed E-state index contributed by atoms with van der Waals surface area (Å²) < 4.78 is 2.65. The first-order valence-electron chi connectivity index (χ1n) is 12.1. The fourth-order valence-corrected chi connectivity index (χ4v) is 10.2. The molecule has 0 radical (unpaired) electrons. The lowest BCUT2D eigenvalue weighted by Gasteiger charge is -2.10. The summed E-state index contributed by atoms with van der Waals surface area (Å²) in [6.45, 7) is 4.43. The minimum absolute atomic E-state index is 0.134. The molecule has 5 rings (SSSR count). The maximum Gasteiger partial charge on any atom is 0.0552 e. The summed E-state index contributed by atoms with van der Waals surface area (Å²) in [5, 5.41) is 8.92. The van der Waals surface area contributed by atoms with Gasteiger partial charge in [-0.1, -0.05) is 56.3 Å². The number of unbranched alkanes of at least 4 members (excludes halogenated alkanes) is 2. The first kappa shape index (κ1) is 26.0. The van der Waals surface area contributed by atoms with Gasteiger partial charge >= 0.3 is 0 Å². The summed E-state index contributed by atoms with van der Waals surface area (Å²) in [7, 11) is 0. The zero-order valence-electron chi connectivity index (χ0n) is 19.8. The molecule has 0 aliphatic carbocycles. The van der Waals surface area contributed by atoms with Gasteiger partial charge in [0.25, 0.3) is 0 Å². The number of benzene rings is 1. The summed E-state index contributed by atoms with van der Waals surface area (Å²) >= 11 is 27.4. The SMILES string of the molecule is CCCCc1sc(-c2c3ccsc3c(-c3cc(Cl)c(CC(Cl)CCCC)s3)c3ccsc23)cc1Cl. The second kappa shape index (κ2) is 11.4. The molecule has 0 nitrogen and oxygen atoms in total. The van der Waals surface area contributed by atoms with Crippen LogP contribution in [0, 0.1) is 0 Å². The van der Waals surface area contributed by atoms with E-state index in [9.17, 15) is 0 Å². The van der Waals surface area contributed by atoms with Crippen LogP contribution in [0.15, 0.2) is 35.0 Å². The van der Waals surface area contributed by atoms with Crippen molar-refractivity contribution in [2.24, 2.45) is 0 Å². The molecule has 1 atom stereocenters. The topological polar surface area (TPSA) is 0 Å². The van der Waals surface area contributed by atoms with Crippen LogP contribution in [0.2, 0.25) is 10.0 Å². The first-order valence-corrected chi connectivity index (χ1v) is 16.7. The number of halogens is 3. The van der Waals surface area contributed by atoms with E-state index in [0.29, 0.717) is 0 Å². The molecule has 4 aromatic heterocycles. The van der Waals surface area contributed by atoms with E-state index >= 15 is 0 Å². The molecule has 35 heavy (non-hydrogen) atoms. The molecule has 0 aliphatic rings. The highest BCUT2D eigenvalue weighted by Crippen LogP contribution is 2.51. The zero-order valence-corrected chi connectivity index (χ0v) is 25.3. The molecule has 0 bridgehead atoms. The third-order valence-corrected chi connectivity index (χ3v) is 11.9. The molecular weight excluding hydrogens is 571 g/mol. The van der Waals surface area contributed by atoms with Crippen molar-refractivity contribution < 1.29 is 0 Å². The van der Waals surface area contributed by atoms with E-state index in [-0.39, 0.29) is 5.38 Å². The van der Waals surface area contributed by atoms with Crippen molar-refractivity contribution in [1.82, 2.24) is 0 Å². The number of hydrogen-bond acceptors (Lipinski definition) is 4. The van der Waals surface area contributed by atoms with Gasteiger partial charge in [-0.05, 0) is 60.7 Å². The number of fused-ring (bicyclic) bond motifs is 2. The van der Waals surface area contributed by atoms with E-state index < -0.39 is 0 Å². The van der Waals surface area contributed by atoms with Crippen LogP contribution in [0.5, 0.6) is 0 Å².